The topological polar surface area (TPSA) is 197 Å². The van der Waals surface area contributed by atoms with Gasteiger partial charge in [-0.2, -0.15) is 0 Å². The van der Waals surface area contributed by atoms with Gasteiger partial charge in [-0.1, -0.05) is 13.8 Å². The van der Waals surface area contributed by atoms with Gasteiger partial charge in [-0.05, 0) is 46.0 Å². The molecule has 0 aliphatic carbocycles. The molecule has 0 saturated carbocycles. The molecule has 0 aromatic carbocycles. The molecule has 0 radical (unpaired) electrons. The molecule has 0 unspecified atom stereocenters. The Morgan fingerprint density at radius 3 is 1.57 bits per heavy atom. The van der Waals surface area contributed by atoms with Crippen LogP contribution in [0.2, 0.25) is 0 Å². The zero-order valence-electron chi connectivity index (χ0n) is 21.0. The molecule has 0 spiro atoms. The first-order valence-electron chi connectivity index (χ1n) is 11.2. The summed E-state index contributed by atoms with van der Waals surface area (Å²) >= 11 is 0. The van der Waals surface area contributed by atoms with E-state index in [1.54, 1.807) is 20.8 Å². The second-order valence-corrected chi connectivity index (χ2v) is 9.34. The summed E-state index contributed by atoms with van der Waals surface area (Å²) < 4.78 is 9.80. The van der Waals surface area contributed by atoms with E-state index in [1.165, 1.54) is 0 Å². The molecular formula is C22H37N3O10. The van der Waals surface area contributed by atoms with Gasteiger partial charge in [-0.3, -0.25) is 19.2 Å². The molecule has 0 aliphatic rings. The van der Waals surface area contributed by atoms with Crippen LogP contribution in [0, 0.1) is 5.92 Å². The Balaban J connectivity index is 5.67. The van der Waals surface area contributed by atoms with Gasteiger partial charge in [0.1, 0.15) is 23.7 Å². The highest BCUT2D eigenvalue weighted by Crippen LogP contribution is 2.10. The summed E-state index contributed by atoms with van der Waals surface area (Å²) in [6, 6.07) is -3.79. The summed E-state index contributed by atoms with van der Waals surface area (Å²) in [7, 11) is 1.15. The number of hydrogen-bond donors (Lipinski definition) is 5. The first-order chi connectivity index (χ1) is 16.0. The number of amides is 3. The lowest BCUT2D eigenvalue weighted by Crippen LogP contribution is -2.56. The zero-order valence-corrected chi connectivity index (χ0v) is 21.0. The third kappa shape index (κ3) is 14.5. The van der Waals surface area contributed by atoms with Crippen LogP contribution in [0.25, 0.3) is 0 Å². The number of carbonyl (C=O) groups is 6. The number of methoxy groups -OCH3 is 1. The predicted octanol–water partition coefficient (Wildman–Crippen LogP) is 0.798. The summed E-state index contributed by atoms with van der Waals surface area (Å²) in [4.78, 5) is 72.0. The van der Waals surface area contributed by atoms with Crippen LogP contribution in [-0.4, -0.2) is 76.9 Å². The fourth-order valence-electron chi connectivity index (χ4n) is 2.90. The Hall–Kier alpha value is -3.38. The van der Waals surface area contributed by atoms with Crippen molar-refractivity contribution < 1.29 is 48.5 Å². The van der Waals surface area contributed by atoms with E-state index in [9.17, 15) is 28.8 Å². The smallest absolute Gasteiger partial charge is 0.408 e. The molecule has 0 aromatic rings. The van der Waals surface area contributed by atoms with Gasteiger partial charge >= 0.3 is 24.0 Å². The Bertz CT molecular complexity index is 776. The molecule has 13 nitrogen and oxygen atoms in total. The molecule has 5 N–H and O–H groups in total. The van der Waals surface area contributed by atoms with Gasteiger partial charge in [-0.15, -0.1) is 0 Å². The number of carboxylic acids is 2. The average Bonchev–Trinajstić information content (AvgIpc) is 2.70. The van der Waals surface area contributed by atoms with Gasteiger partial charge in [0, 0.05) is 12.8 Å². The molecular weight excluding hydrogens is 466 g/mol. The number of carboxylic acid groups (broad SMARTS) is 2. The number of rotatable bonds is 14. The van der Waals surface area contributed by atoms with Crippen molar-refractivity contribution in [3.63, 3.8) is 0 Å². The normalized spacial score (nSPS) is 13.7. The Morgan fingerprint density at radius 1 is 0.771 bits per heavy atom. The first kappa shape index (κ1) is 31.6. The van der Waals surface area contributed by atoms with Crippen LogP contribution in [0.4, 0.5) is 4.79 Å². The van der Waals surface area contributed by atoms with E-state index < -0.39 is 72.4 Å². The van der Waals surface area contributed by atoms with Gasteiger partial charge in [0.25, 0.3) is 0 Å². The molecule has 0 aliphatic heterocycles. The van der Waals surface area contributed by atoms with E-state index in [2.05, 4.69) is 16.0 Å². The third-order valence-electron chi connectivity index (χ3n) is 4.44. The highest BCUT2D eigenvalue weighted by Gasteiger charge is 2.31. The molecule has 0 fully saturated rings. The number of hydrogen-bond acceptors (Lipinski definition) is 8. The maximum atomic E-state index is 12.9. The van der Waals surface area contributed by atoms with E-state index in [1.807, 2.05) is 13.8 Å². The van der Waals surface area contributed by atoms with Crippen molar-refractivity contribution in [2.75, 3.05) is 7.11 Å². The van der Waals surface area contributed by atoms with Crippen LogP contribution in [0.15, 0.2) is 0 Å². The van der Waals surface area contributed by atoms with E-state index in [0.29, 0.717) is 0 Å². The fraction of sp³-hybridized carbons (Fsp3) is 0.727. The largest absolute Gasteiger partial charge is 0.481 e. The minimum atomic E-state index is -1.38. The van der Waals surface area contributed by atoms with Crippen molar-refractivity contribution >= 4 is 35.8 Å². The highest BCUT2D eigenvalue weighted by atomic mass is 16.6. The Labute approximate surface area is 204 Å². The minimum Gasteiger partial charge on any atom is -0.481 e. The standard InChI is InChI=1S/C22H37N3O10/c1-12(2)11-15(20(32)34-6)24-18(30)13(7-9-16(26)27)23-19(31)14(8-10-17(28)29)25-21(33)35-22(3,4)5/h12-15H,7-11H2,1-6H3,(H,23,31)(H,24,30)(H,25,33)(H,26,27)(H,28,29)/t13-,14-,15-/m0/s1. The van der Waals surface area contributed by atoms with Crippen LogP contribution >= 0.6 is 0 Å². The molecule has 200 valence electrons. The number of aliphatic carboxylic acids is 2. The monoisotopic (exact) mass is 503 g/mol. The van der Waals surface area contributed by atoms with Crippen LogP contribution < -0.4 is 16.0 Å². The van der Waals surface area contributed by atoms with Crippen LogP contribution in [0.3, 0.4) is 0 Å². The van der Waals surface area contributed by atoms with Gasteiger partial charge in [0.05, 0.1) is 7.11 Å². The van der Waals surface area contributed by atoms with Gasteiger partial charge in [0.2, 0.25) is 11.8 Å². The molecule has 0 rings (SSSR count). The van der Waals surface area contributed by atoms with Crippen LogP contribution in [-0.2, 0) is 33.4 Å². The van der Waals surface area contributed by atoms with Gasteiger partial charge in [0.15, 0.2) is 0 Å². The number of alkyl carbamates (subject to hydrolysis) is 1. The van der Waals surface area contributed by atoms with Crippen molar-refractivity contribution in [3.05, 3.63) is 0 Å². The summed E-state index contributed by atoms with van der Waals surface area (Å²) in [5.74, 6) is -4.89. The van der Waals surface area contributed by atoms with Crippen molar-refractivity contribution in [3.8, 4) is 0 Å². The highest BCUT2D eigenvalue weighted by molar-refractivity contribution is 5.93. The number of nitrogens with one attached hydrogen (secondary N) is 3. The maximum absolute atomic E-state index is 12.9. The quantitative estimate of drug-likeness (QED) is 0.211. The van der Waals surface area contributed by atoms with Crippen LogP contribution in [0.1, 0.15) is 66.7 Å². The van der Waals surface area contributed by atoms with E-state index in [0.717, 1.165) is 7.11 Å². The van der Waals surface area contributed by atoms with Crippen molar-refractivity contribution in [2.45, 2.75) is 90.4 Å². The van der Waals surface area contributed by atoms with Crippen molar-refractivity contribution in [2.24, 2.45) is 5.92 Å². The van der Waals surface area contributed by atoms with E-state index in [4.69, 9.17) is 19.7 Å². The lowest BCUT2D eigenvalue weighted by molar-refractivity contribution is -0.146. The predicted molar refractivity (Wildman–Crippen MR) is 122 cm³/mol. The number of ether oxygens (including phenoxy) is 2. The van der Waals surface area contributed by atoms with Gasteiger partial charge < -0.3 is 35.6 Å². The molecule has 3 atom stereocenters. The van der Waals surface area contributed by atoms with Crippen LogP contribution in [0.5, 0.6) is 0 Å². The molecule has 0 saturated heterocycles. The molecule has 3 amide bonds. The SMILES string of the molecule is COC(=O)[C@H](CC(C)C)NC(=O)[C@H](CCC(=O)O)NC(=O)[C@H](CCC(=O)O)NC(=O)OC(C)(C)C. The second kappa shape index (κ2) is 14.8. The maximum Gasteiger partial charge on any atom is 0.408 e. The Kier molecular flexibility index (Phi) is 13.4. The zero-order chi connectivity index (χ0) is 27.3. The average molecular weight is 504 g/mol. The Morgan fingerprint density at radius 2 is 1.20 bits per heavy atom. The summed E-state index contributed by atoms with van der Waals surface area (Å²) in [6.45, 7) is 8.43. The summed E-state index contributed by atoms with van der Waals surface area (Å²) in [5.41, 5.74) is -0.888. The molecule has 0 bridgehead atoms. The summed E-state index contributed by atoms with van der Waals surface area (Å²) in [5, 5.41) is 25.1. The molecule has 35 heavy (non-hydrogen) atoms. The summed E-state index contributed by atoms with van der Waals surface area (Å²) in [6.07, 6.45) is -2.33. The van der Waals surface area contributed by atoms with E-state index >= 15 is 0 Å². The third-order valence-corrected chi connectivity index (χ3v) is 4.44. The first-order valence-corrected chi connectivity index (χ1v) is 11.2. The lowest BCUT2D eigenvalue weighted by atomic mass is 10.0. The fourth-order valence-corrected chi connectivity index (χ4v) is 2.90. The number of carbonyl (C=O) groups excluding carboxylic acids is 4. The van der Waals surface area contributed by atoms with Crippen molar-refractivity contribution in [1.82, 2.24) is 16.0 Å². The second-order valence-electron chi connectivity index (χ2n) is 9.34. The lowest BCUT2D eigenvalue weighted by Gasteiger charge is -2.26. The van der Waals surface area contributed by atoms with E-state index in [-0.39, 0.29) is 25.2 Å². The van der Waals surface area contributed by atoms with Gasteiger partial charge in [-0.25, -0.2) is 9.59 Å². The molecule has 0 heterocycles. The number of esters is 1. The molecule has 0 aromatic heterocycles. The van der Waals surface area contributed by atoms with Crippen molar-refractivity contribution in [1.29, 1.82) is 0 Å². The minimum absolute atomic E-state index is 0.00453. The molecule has 13 heteroatoms.